The molecule has 1 aliphatic carbocycles. The van der Waals surface area contributed by atoms with Gasteiger partial charge in [-0.3, -0.25) is 0 Å². The summed E-state index contributed by atoms with van der Waals surface area (Å²) < 4.78 is 0. The second-order valence-electron chi connectivity index (χ2n) is 9.44. The Kier molecular flexibility index (Phi) is 3.48. The molecule has 130 valence electrons. The lowest BCUT2D eigenvalue weighted by Gasteiger charge is -2.22. The third-order valence-corrected chi connectivity index (χ3v) is 5.69. The second kappa shape index (κ2) is 5.27. The van der Waals surface area contributed by atoms with Gasteiger partial charge in [0.2, 0.25) is 0 Å². The van der Waals surface area contributed by atoms with E-state index < -0.39 is 0 Å². The van der Waals surface area contributed by atoms with Crippen LogP contribution in [0.2, 0.25) is 0 Å². The van der Waals surface area contributed by atoms with Crippen molar-refractivity contribution >= 4 is 21.7 Å². The summed E-state index contributed by atoms with van der Waals surface area (Å²) >= 11 is 0. The summed E-state index contributed by atoms with van der Waals surface area (Å²) in [5, 5.41) is 13.3. The van der Waals surface area contributed by atoms with Crippen LogP contribution >= 0.6 is 0 Å². The Morgan fingerprint density at radius 3 is 2.28 bits per heavy atom. The molecule has 0 fully saturated rings. The summed E-state index contributed by atoms with van der Waals surface area (Å²) in [7, 11) is 0. The zero-order chi connectivity index (χ0) is 18.0. The fraction of sp³-hybridized carbons (Fsp3) is 0.478. The van der Waals surface area contributed by atoms with Crippen LogP contribution in [0.1, 0.15) is 64.8 Å². The molecule has 0 spiro atoms. The zero-order valence-corrected chi connectivity index (χ0v) is 16.3. The van der Waals surface area contributed by atoms with Crippen LogP contribution in [-0.2, 0) is 17.3 Å². The third kappa shape index (κ3) is 2.46. The van der Waals surface area contributed by atoms with Crippen LogP contribution < -0.4 is 0 Å². The van der Waals surface area contributed by atoms with Crippen LogP contribution in [0.4, 0.5) is 0 Å². The predicted octanol–water partition coefficient (Wildman–Crippen LogP) is 5.94. The highest BCUT2D eigenvalue weighted by atomic mass is 15.1. The van der Waals surface area contributed by atoms with Gasteiger partial charge in [0.25, 0.3) is 0 Å². The monoisotopic (exact) mass is 332 g/mol. The topological polar surface area (TPSA) is 25.8 Å². The van der Waals surface area contributed by atoms with Crippen LogP contribution in [0.5, 0.6) is 0 Å². The SMILES string of the molecule is CC(C)Cc1cc2c3c(nnc2c2ccccc12)C(C)(C)CC3(C)C. The van der Waals surface area contributed by atoms with E-state index in [4.69, 9.17) is 10.2 Å². The molecule has 0 aliphatic heterocycles. The molecule has 1 heterocycles. The first-order chi connectivity index (χ1) is 11.7. The lowest BCUT2D eigenvalue weighted by molar-refractivity contribution is 0.399. The van der Waals surface area contributed by atoms with Gasteiger partial charge in [0, 0.05) is 16.2 Å². The Labute approximate surface area is 150 Å². The van der Waals surface area contributed by atoms with Crippen LogP contribution in [0.25, 0.3) is 21.7 Å². The summed E-state index contributed by atoms with van der Waals surface area (Å²) in [5.41, 5.74) is 5.32. The van der Waals surface area contributed by atoms with Crippen molar-refractivity contribution in [2.75, 3.05) is 0 Å². The maximum absolute atomic E-state index is 4.73. The summed E-state index contributed by atoms with van der Waals surface area (Å²) in [4.78, 5) is 0. The number of benzene rings is 2. The second-order valence-corrected chi connectivity index (χ2v) is 9.44. The maximum Gasteiger partial charge on any atom is 0.101 e. The van der Waals surface area contributed by atoms with Crippen LogP contribution in [0, 0.1) is 5.92 Å². The Balaban J connectivity index is 2.15. The number of fused-ring (bicyclic) bond motifs is 5. The van der Waals surface area contributed by atoms with E-state index >= 15 is 0 Å². The number of aromatic nitrogens is 2. The molecule has 0 radical (unpaired) electrons. The Bertz CT molecular complexity index is 980. The first-order valence-corrected chi connectivity index (χ1v) is 9.43. The molecule has 0 N–H and O–H groups in total. The van der Waals surface area contributed by atoms with Gasteiger partial charge in [-0.1, -0.05) is 65.8 Å². The summed E-state index contributed by atoms with van der Waals surface area (Å²) in [6, 6.07) is 11.1. The Morgan fingerprint density at radius 2 is 1.60 bits per heavy atom. The largest absolute Gasteiger partial charge is 0.154 e. The average molecular weight is 332 g/mol. The molecule has 1 aromatic heterocycles. The molecule has 1 aliphatic rings. The summed E-state index contributed by atoms with van der Waals surface area (Å²) in [6.07, 6.45) is 2.22. The van der Waals surface area contributed by atoms with E-state index in [-0.39, 0.29) is 10.8 Å². The predicted molar refractivity (Wildman–Crippen MR) is 106 cm³/mol. The first kappa shape index (κ1) is 16.5. The van der Waals surface area contributed by atoms with Crippen molar-refractivity contribution in [1.29, 1.82) is 0 Å². The van der Waals surface area contributed by atoms with Gasteiger partial charge < -0.3 is 0 Å². The third-order valence-electron chi connectivity index (χ3n) is 5.69. The zero-order valence-electron chi connectivity index (χ0n) is 16.3. The molecule has 0 atom stereocenters. The van der Waals surface area contributed by atoms with Gasteiger partial charge in [-0.2, -0.15) is 5.10 Å². The van der Waals surface area contributed by atoms with Crippen molar-refractivity contribution < 1.29 is 0 Å². The quantitative estimate of drug-likeness (QED) is 0.543. The van der Waals surface area contributed by atoms with Crippen molar-refractivity contribution in [1.82, 2.24) is 10.2 Å². The molecule has 4 rings (SSSR count). The average Bonchev–Trinajstić information content (AvgIpc) is 2.71. The van der Waals surface area contributed by atoms with Crippen LogP contribution in [0.3, 0.4) is 0 Å². The Hall–Kier alpha value is -1.96. The van der Waals surface area contributed by atoms with Crippen molar-refractivity contribution in [3.8, 4) is 0 Å². The van der Waals surface area contributed by atoms with Gasteiger partial charge in [0.05, 0.1) is 5.69 Å². The molecule has 2 nitrogen and oxygen atoms in total. The van der Waals surface area contributed by atoms with Gasteiger partial charge >= 0.3 is 0 Å². The standard InChI is InChI=1S/C23H28N2/c1-14(2)11-15-12-18-19-21(23(5,6)13-22(19,3)4)25-24-20(18)17-10-8-7-9-16(15)17/h7-10,12,14H,11,13H2,1-6H3. The van der Waals surface area contributed by atoms with Crippen molar-refractivity contribution in [2.45, 2.75) is 65.2 Å². The highest BCUT2D eigenvalue weighted by molar-refractivity contribution is 6.08. The molecular weight excluding hydrogens is 304 g/mol. The minimum atomic E-state index is 0.0872. The van der Waals surface area contributed by atoms with E-state index in [2.05, 4.69) is 71.9 Å². The van der Waals surface area contributed by atoms with Crippen molar-refractivity contribution in [3.63, 3.8) is 0 Å². The van der Waals surface area contributed by atoms with Gasteiger partial charge in [0.1, 0.15) is 5.52 Å². The normalized spacial score (nSPS) is 18.2. The fourth-order valence-corrected chi connectivity index (χ4v) is 5.06. The molecule has 2 heteroatoms. The maximum atomic E-state index is 4.73. The highest BCUT2D eigenvalue weighted by Gasteiger charge is 2.44. The summed E-state index contributed by atoms with van der Waals surface area (Å²) in [6.45, 7) is 13.9. The van der Waals surface area contributed by atoms with E-state index in [0.717, 1.165) is 18.4 Å². The Morgan fingerprint density at radius 1 is 0.920 bits per heavy atom. The lowest BCUT2D eigenvalue weighted by atomic mass is 9.81. The van der Waals surface area contributed by atoms with Gasteiger partial charge in [-0.15, -0.1) is 5.10 Å². The number of hydrogen-bond donors (Lipinski definition) is 0. The van der Waals surface area contributed by atoms with Crippen LogP contribution in [0.15, 0.2) is 30.3 Å². The van der Waals surface area contributed by atoms with Crippen molar-refractivity contribution in [3.05, 3.63) is 47.2 Å². The first-order valence-electron chi connectivity index (χ1n) is 9.43. The van der Waals surface area contributed by atoms with E-state index in [1.165, 1.54) is 33.0 Å². The smallest absolute Gasteiger partial charge is 0.101 e. The highest BCUT2D eigenvalue weighted by Crippen LogP contribution is 2.51. The fourth-order valence-electron chi connectivity index (χ4n) is 5.06. The minimum absolute atomic E-state index is 0.0872. The molecule has 0 bridgehead atoms. The molecule has 0 saturated carbocycles. The van der Waals surface area contributed by atoms with Crippen LogP contribution in [-0.4, -0.2) is 10.2 Å². The van der Waals surface area contributed by atoms with Gasteiger partial charge in [-0.05, 0) is 46.8 Å². The molecule has 0 saturated heterocycles. The molecule has 2 aromatic carbocycles. The number of hydrogen-bond acceptors (Lipinski definition) is 2. The molecule has 0 amide bonds. The molecule has 25 heavy (non-hydrogen) atoms. The van der Waals surface area contributed by atoms with Crippen molar-refractivity contribution in [2.24, 2.45) is 5.92 Å². The van der Waals surface area contributed by atoms with E-state index in [9.17, 15) is 0 Å². The van der Waals surface area contributed by atoms with Gasteiger partial charge in [0.15, 0.2) is 0 Å². The van der Waals surface area contributed by atoms with E-state index in [1.807, 2.05) is 0 Å². The molecule has 0 unspecified atom stereocenters. The minimum Gasteiger partial charge on any atom is -0.154 e. The van der Waals surface area contributed by atoms with E-state index in [1.54, 1.807) is 0 Å². The van der Waals surface area contributed by atoms with E-state index in [0.29, 0.717) is 5.92 Å². The summed E-state index contributed by atoms with van der Waals surface area (Å²) in [5.74, 6) is 0.633. The van der Waals surface area contributed by atoms with Gasteiger partial charge in [-0.25, -0.2) is 0 Å². The number of rotatable bonds is 2. The lowest BCUT2D eigenvalue weighted by Crippen LogP contribution is -2.18. The number of nitrogens with zero attached hydrogens (tertiary/aromatic N) is 2. The molecule has 3 aromatic rings. The molecular formula is C23H28N2.